The van der Waals surface area contributed by atoms with Crippen molar-refractivity contribution in [2.45, 2.75) is 20.0 Å². The van der Waals surface area contributed by atoms with Gasteiger partial charge in [0, 0.05) is 19.6 Å². The van der Waals surface area contributed by atoms with Crippen LogP contribution in [0.3, 0.4) is 0 Å². The van der Waals surface area contributed by atoms with E-state index < -0.39 is 11.5 Å². The van der Waals surface area contributed by atoms with Crippen LogP contribution < -0.4 is 0 Å². The summed E-state index contributed by atoms with van der Waals surface area (Å²) in [6.07, 6.45) is -0.572. The summed E-state index contributed by atoms with van der Waals surface area (Å²) in [6, 6.07) is 0. The van der Waals surface area contributed by atoms with Crippen molar-refractivity contribution in [3.05, 3.63) is 0 Å². The lowest BCUT2D eigenvalue weighted by Gasteiger charge is -2.35. The Morgan fingerprint density at radius 1 is 1.33 bits per heavy atom. The molecule has 6 nitrogen and oxygen atoms in total. The van der Waals surface area contributed by atoms with Crippen molar-refractivity contribution < 1.29 is 23.8 Å². The van der Waals surface area contributed by atoms with E-state index in [4.69, 9.17) is 9.47 Å². The molecule has 0 aromatic rings. The molecule has 18 heavy (non-hydrogen) atoms. The molecule has 0 saturated carbocycles. The van der Waals surface area contributed by atoms with E-state index in [9.17, 15) is 9.59 Å². The summed E-state index contributed by atoms with van der Waals surface area (Å²) in [5.41, 5.74) is -0.604. The first-order valence-corrected chi connectivity index (χ1v) is 5.91. The fourth-order valence-electron chi connectivity index (χ4n) is 2.02. The van der Waals surface area contributed by atoms with Gasteiger partial charge in [0.2, 0.25) is 0 Å². The van der Waals surface area contributed by atoms with Gasteiger partial charge in [0.05, 0.1) is 26.2 Å². The second-order valence-corrected chi connectivity index (χ2v) is 4.99. The highest BCUT2D eigenvalue weighted by atomic mass is 16.6. The Hall–Kier alpha value is -1.14. The Balaban J connectivity index is 2.57. The van der Waals surface area contributed by atoms with Gasteiger partial charge in [-0.1, -0.05) is 0 Å². The lowest BCUT2D eigenvalue weighted by atomic mass is 9.92. The lowest BCUT2D eigenvalue weighted by molar-refractivity contribution is -0.162. The van der Waals surface area contributed by atoms with Gasteiger partial charge in [0.25, 0.3) is 0 Å². The molecule has 0 amide bonds. The van der Waals surface area contributed by atoms with E-state index in [1.54, 1.807) is 0 Å². The number of ether oxygens (including phenoxy) is 3. The molecule has 0 aliphatic carbocycles. The maximum atomic E-state index is 11.6. The number of hydrogen-bond acceptors (Lipinski definition) is 6. The van der Waals surface area contributed by atoms with E-state index in [-0.39, 0.29) is 11.9 Å². The van der Waals surface area contributed by atoms with Crippen LogP contribution in [-0.2, 0) is 23.8 Å². The van der Waals surface area contributed by atoms with Crippen molar-refractivity contribution in [3.63, 3.8) is 0 Å². The maximum absolute atomic E-state index is 11.6. The van der Waals surface area contributed by atoms with Gasteiger partial charge in [0.1, 0.15) is 0 Å². The van der Waals surface area contributed by atoms with Crippen molar-refractivity contribution in [2.24, 2.45) is 5.41 Å². The fourth-order valence-corrected chi connectivity index (χ4v) is 2.02. The molecule has 1 rings (SSSR count). The van der Waals surface area contributed by atoms with Crippen molar-refractivity contribution in [2.75, 3.05) is 40.5 Å². The molecule has 1 aliphatic heterocycles. The first-order chi connectivity index (χ1) is 8.40. The van der Waals surface area contributed by atoms with Crippen molar-refractivity contribution >= 4 is 11.9 Å². The van der Waals surface area contributed by atoms with Crippen LogP contribution in [0.15, 0.2) is 0 Å². The molecule has 1 atom stereocenters. The predicted octanol–water partition coefficient (Wildman–Crippen LogP) is 0.0594. The molecule has 6 heteroatoms. The highest BCUT2D eigenvalue weighted by molar-refractivity contribution is 5.76. The molecule has 0 radical (unpaired) electrons. The lowest BCUT2D eigenvalue weighted by Crippen LogP contribution is -2.50. The van der Waals surface area contributed by atoms with Gasteiger partial charge in [-0.15, -0.1) is 0 Å². The normalized spacial score (nSPS) is 21.4. The first-order valence-electron chi connectivity index (χ1n) is 5.91. The standard InChI is InChI=1S/C12H21NO5/c1-12(2,11(15)17-4)8-13-5-6-18-9(7-13)10(14)16-3/h9H,5-8H2,1-4H3. The van der Waals surface area contributed by atoms with E-state index in [2.05, 4.69) is 4.74 Å². The average molecular weight is 259 g/mol. The van der Waals surface area contributed by atoms with E-state index in [1.165, 1.54) is 14.2 Å². The highest BCUT2D eigenvalue weighted by Gasteiger charge is 2.35. The quantitative estimate of drug-likeness (QED) is 0.665. The third kappa shape index (κ3) is 3.68. The minimum atomic E-state index is -0.604. The van der Waals surface area contributed by atoms with Gasteiger partial charge < -0.3 is 14.2 Å². The molecule has 0 aromatic carbocycles. The van der Waals surface area contributed by atoms with Crippen molar-refractivity contribution in [3.8, 4) is 0 Å². The molecule has 104 valence electrons. The molecule has 1 saturated heterocycles. The number of esters is 2. The van der Waals surface area contributed by atoms with Crippen molar-refractivity contribution in [1.82, 2.24) is 4.90 Å². The molecular formula is C12H21NO5. The second kappa shape index (κ2) is 6.15. The van der Waals surface area contributed by atoms with Crippen LogP contribution in [0.4, 0.5) is 0 Å². The van der Waals surface area contributed by atoms with E-state index >= 15 is 0 Å². The van der Waals surface area contributed by atoms with Crippen LogP contribution >= 0.6 is 0 Å². The fraction of sp³-hybridized carbons (Fsp3) is 0.833. The van der Waals surface area contributed by atoms with E-state index in [1.807, 2.05) is 18.7 Å². The van der Waals surface area contributed by atoms with Crippen LogP contribution in [-0.4, -0.2) is 63.4 Å². The molecule has 1 heterocycles. The summed E-state index contributed by atoms with van der Waals surface area (Å²) < 4.78 is 14.7. The monoisotopic (exact) mass is 259 g/mol. The zero-order chi connectivity index (χ0) is 13.8. The third-order valence-corrected chi connectivity index (χ3v) is 2.97. The Morgan fingerprint density at radius 2 is 2.00 bits per heavy atom. The van der Waals surface area contributed by atoms with Crippen LogP contribution in [0.1, 0.15) is 13.8 Å². The molecular weight excluding hydrogens is 238 g/mol. The SMILES string of the molecule is COC(=O)C1CN(CC(C)(C)C(=O)OC)CCO1. The van der Waals surface area contributed by atoms with Gasteiger partial charge in [-0.2, -0.15) is 0 Å². The molecule has 0 N–H and O–H groups in total. The number of carbonyl (C=O) groups excluding carboxylic acids is 2. The molecule has 0 aromatic heterocycles. The summed E-state index contributed by atoms with van der Waals surface area (Å²) in [5, 5.41) is 0. The Labute approximate surface area is 107 Å². The van der Waals surface area contributed by atoms with Gasteiger partial charge >= 0.3 is 11.9 Å². The smallest absolute Gasteiger partial charge is 0.336 e. The largest absolute Gasteiger partial charge is 0.469 e. The van der Waals surface area contributed by atoms with Gasteiger partial charge in [-0.05, 0) is 13.8 Å². The third-order valence-electron chi connectivity index (χ3n) is 2.97. The van der Waals surface area contributed by atoms with E-state index in [0.29, 0.717) is 26.2 Å². The van der Waals surface area contributed by atoms with Crippen molar-refractivity contribution in [1.29, 1.82) is 0 Å². The Kier molecular flexibility index (Phi) is 5.10. The first kappa shape index (κ1) is 14.9. The summed E-state index contributed by atoms with van der Waals surface area (Å²) in [6.45, 7) is 5.75. The topological polar surface area (TPSA) is 65.1 Å². The summed E-state index contributed by atoms with van der Waals surface area (Å²) >= 11 is 0. The number of methoxy groups -OCH3 is 2. The minimum absolute atomic E-state index is 0.261. The number of nitrogens with zero attached hydrogens (tertiary/aromatic N) is 1. The highest BCUT2D eigenvalue weighted by Crippen LogP contribution is 2.20. The number of rotatable bonds is 4. The van der Waals surface area contributed by atoms with Crippen LogP contribution in [0.2, 0.25) is 0 Å². The Morgan fingerprint density at radius 3 is 2.56 bits per heavy atom. The number of morpholine rings is 1. The summed E-state index contributed by atoms with van der Waals surface area (Å²) in [5.74, 6) is -0.640. The minimum Gasteiger partial charge on any atom is -0.469 e. The van der Waals surface area contributed by atoms with E-state index in [0.717, 1.165) is 0 Å². The number of hydrogen-bond donors (Lipinski definition) is 0. The van der Waals surface area contributed by atoms with Crippen LogP contribution in [0.25, 0.3) is 0 Å². The molecule has 1 unspecified atom stereocenters. The molecule has 0 spiro atoms. The van der Waals surface area contributed by atoms with Crippen LogP contribution in [0.5, 0.6) is 0 Å². The molecule has 1 aliphatic rings. The zero-order valence-electron chi connectivity index (χ0n) is 11.4. The van der Waals surface area contributed by atoms with Gasteiger partial charge in [0.15, 0.2) is 6.10 Å². The average Bonchev–Trinajstić information content (AvgIpc) is 2.36. The summed E-state index contributed by atoms with van der Waals surface area (Å²) in [4.78, 5) is 25.0. The van der Waals surface area contributed by atoms with Crippen LogP contribution in [0, 0.1) is 5.41 Å². The van der Waals surface area contributed by atoms with Gasteiger partial charge in [-0.3, -0.25) is 9.69 Å². The Bertz CT molecular complexity index is 316. The second-order valence-electron chi connectivity index (χ2n) is 4.99. The zero-order valence-corrected chi connectivity index (χ0v) is 11.4. The molecule has 0 bridgehead atoms. The number of carbonyl (C=O) groups is 2. The maximum Gasteiger partial charge on any atom is 0.336 e. The summed E-state index contributed by atoms with van der Waals surface area (Å²) in [7, 11) is 2.71. The van der Waals surface area contributed by atoms with Gasteiger partial charge in [-0.25, -0.2) is 4.79 Å². The molecule has 1 fully saturated rings. The predicted molar refractivity (Wildman–Crippen MR) is 64.0 cm³/mol.